The smallest absolute Gasteiger partial charge is 0.104 e. The maximum absolute atomic E-state index is 9.99. The largest absolute Gasteiger partial charge is 0.387 e. The highest BCUT2D eigenvalue weighted by atomic mass is 16.3. The molecule has 3 atom stereocenters. The van der Waals surface area contributed by atoms with E-state index in [-0.39, 0.29) is 11.6 Å². The lowest BCUT2D eigenvalue weighted by atomic mass is 9.79. The van der Waals surface area contributed by atoms with Crippen LogP contribution in [0.5, 0.6) is 0 Å². The predicted octanol–water partition coefficient (Wildman–Crippen LogP) is 1.49. The molecule has 2 N–H and O–H groups in total. The number of hydrogen-bond acceptors (Lipinski definition) is 1. The number of likely N-dealkylation sites (tertiary alicyclic amines) is 1. The molecule has 1 unspecified atom stereocenters. The molecule has 1 rings (SSSR count). The molecule has 1 fully saturated rings. The van der Waals surface area contributed by atoms with Crippen molar-refractivity contribution in [2.45, 2.75) is 66.0 Å². The van der Waals surface area contributed by atoms with Crippen LogP contribution in [0, 0.1) is 11.3 Å². The number of hydrogen-bond donors (Lipinski definition) is 2. The third kappa shape index (κ3) is 4.42. The number of aliphatic hydroxyl groups excluding tert-OH is 1. The van der Waals surface area contributed by atoms with Crippen molar-refractivity contribution in [2.75, 3.05) is 13.1 Å². The van der Waals surface area contributed by atoms with E-state index in [4.69, 9.17) is 0 Å². The summed E-state index contributed by atoms with van der Waals surface area (Å²) in [4.78, 5) is 1.56. The van der Waals surface area contributed by atoms with Crippen molar-refractivity contribution in [1.82, 2.24) is 0 Å². The van der Waals surface area contributed by atoms with Gasteiger partial charge in [0.2, 0.25) is 0 Å². The molecule has 0 aliphatic carbocycles. The minimum atomic E-state index is -0.102. The van der Waals surface area contributed by atoms with Crippen molar-refractivity contribution in [2.24, 2.45) is 11.3 Å². The van der Waals surface area contributed by atoms with Crippen molar-refractivity contribution in [3.63, 3.8) is 0 Å². The Morgan fingerprint density at radius 2 is 1.62 bits per heavy atom. The van der Waals surface area contributed by atoms with Crippen LogP contribution in [0.3, 0.4) is 0 Å². The van der Waals surface area contributed by atoms with E-state index in [0.717, 1.165) is 13.0 Å². The van der Waals surface area contributed by atoms with Crippen LogP contribution in [-0.2, 0) is 0 Å². The molecule has 0 aromatic rings. The second-order valence-electron chi connectivity index (χ2n) is 7.78. The fourth-order valence-electron chi connectivity index (χ4n) is 2.90. The number of quaternary nitrogens is 1. The molecule has 1 aliphatic heterocycles. The summed E-state index contributed by atoms with van der Waals surface area (Å²) in [6.45, 7) is 15.8. The standard InChI is InChI=1S/C14H29NO/c1-13(2,3)8-11-7-12(16)10-15(9-11)14(4,5)6/h11-12,16H,7-10H2,1-6H3/p+1/t11-,12+/m1/s1. The predicted molar refractivity (Wildman–Crippen MR) is 68.6 cm³/mol. The highest BCUT2D eigenvalue weighted by molar-refractivity contribution is 4.76. The average molecular weight is 228 g/mol. The molecule has 96 valence electrons. The fourth-order valence-corrected chi connectivity index (χ4v) is 2.90. The minimum absolute atomic E-state index is 0.102. The van der Waals surface area contributed by atoms with Crippen LogP contribution in [-0.4, -0.2) is 29.8 Å². The summed E-state index contributed by atoms with van der Waals surface area (Å²) in [5.74, 6) is 0.679. The zero-order valence-electron chi connectivity index (χ0n) is 11.9. The van der Waals surface area contributed by atoms with Gasteiger partial charge in [-0.3, -0.25) is 0 Å². The molecular weight excluding hydrogens is 198 g/mol. The van der Waals surface area contributed by atoms with Crippen LogP contribution >= 0.6 is 0 Å². The van der Waals surface area contributed by atoms with Crippen LogP contribution in [0.2, 0.25) is 0 Å². The fraction of sp³-hybridized carbons (Fsp3) is 1.00. The van der Waals surface area contributed by atoms with E-state index in [2.05, 4.69) is 41.5 Å². The Hall–Kier alpha value is -0.0800. The number of nitrogens with one attached hydrogen (secondary N) is 1. The Bertz CT molecular complexity index is 224. The van der Waals surface area contributed by atoms with E-state index in [0.29, 0.717) is 11.3 Å². The highest BCUT2D eigenvalue weighted by Crippen LogP contribution is 2.27. The number of piperidine rings is 1. The van der Waals surface area contributed by atoms with Gasteiger partial charge in [0, 0.05) is 5.92 Å². The van der Waals surface area contributed by atoms with Crippen LogP contribution in [0.1, 0.15) is 54.4 Å². The third-order valence-corrected chi connectivity index (χ3v) is 3.58. The summed E-state index contributed by atoms with van der Waals surface area (Å²) in [5, 5.41) is 9.99. The zero-order valence-corrected chi connectivity index (χ0v) is 11.9. The monoisotopic (exact) mass is 228 g/mol. The molecular formula is C14H30NO+. The van der Waals surface area contributed by atoms with Gasteiger partial charge < -0.3 is 10.0 Å². The van der Waals surface area contributed by atoms with E-state index >= 15 is 0 Å². The molecule has 0 radical (unpaired) electrons. The van der Waals surface area contributed by atoms with Gasteiger partial charge in [0.1, 0.15) is 12.6 Å². The van der Waals surface area contributed by atoms with Crippen molar-refractivity contribution >= 4 is 0 Å². The molecule has 1 aliphatic rings. The van der Waals surface area contributed by atoms with E-state index < -0.39 is 0 Å². The normalized spacial score (nSPS) is 32.8. The molecule has 2 nitrogen and oxygen atoms in total. The van der Waals surface area contributed by atoms with Gasteiger partial charge in [0.15, 0.2) is 0 Å². The summed E-state index contributed by atoms with van der Waals surface area (Å²) in [7, 11) is 0. The van der Waals surface area contributed by atoms with Gasteiger partial charge in [-0.1, -0.05) is 20.8 Å². The SMILES string of the molecule is CC(C)(C)C[C@H]1C[C@H](O)C[NH+](C(C)(C)C)C1. The van der Waals surface area contributed by atoms with Crippen LogP contribution < -0.4 is 4.90 Å². The molecule has 16 heavy (non-hydrogen) atoms. The van der Waals surface area contributed by atoms with Crippen molar-refractivity contribution in [3.05, 3.63) is 0 Å². The molecule has 0 aromatic carbocycles. The second kappa shape index (κ2) is 4.66. The molecule has 1 saturated heterocycles. The van der Waals surface area contributed by atoms with Crippen molar-refractivity contribution in [3.8, 4) is 0 Å². The quantitative estimate of drug-likeness (QED) is 0.698. The molecule has 0 spiro atoms. The minimum Gasteiger partial charge on any atom is -0.387 e. The molecule has 0 bridgehead atoms. The second-order valence-corrected chi connectivity index (χ2v) is 7.78. The van der Waals surface area contributed by atoms with E-state index in [1.165, 1.54) is 13.0 Å². The van der Waals surface area contributed by atoms with Crippen LogP contribution in [0.25, 0.3) is 0 Å². The lowest BCUT2D eigenvalue weighted by Crippen LogP contribution is -3.21. The first-order valence-electron chi connectivity index (χ1n) is 6.61. The van der Waals surface area contributed by atoms with Crippen LogP contribution in [0.15, 0.2) is 0 Å². The Morgan fingerprint density at radius 1 is 1.06 bits per heavy atom. The lowest BCUT2D eigenvalue weighted by molar-refractivity contribution is -0.957. The maximum Gasteiger partial charge on any atom is 0.104 e. The maximum atomic E-state index is 9.99. The van der Waals surface area contributed by atoms with E-state index in [1.54, 1.807) is 4.90 Å². The van der Waals surface area contributed by atoms with Gasteiger partial charge in [-0.15, -0.1) is 0 Å². The topological polar surface area (TPSA) is 24.7 Å². The molecule has 1 heterocycles. The first kappa shape index (κ1) is 14.0. The van der Waals surface area contributed by atoms with Gasteiger partial charge in [-0.2, -0.15) is 0 Å². The molecule has 0 aromatic heterocycles. The van der Waals surface area contributed by atoms with Crippen molar-refractivity contribution in [1.29, 1.82) is 0 Å². The Labute approximate surface area is 101 Å². The molecule has 2 heteroatoms. The Balaban J connectivity index is 2.61. The Morgan fingerprint density at radius 3 is 2.06 bits per heavy atom. The van der Waals surface area contributed by atoms with Crippen LogP contribution in [0.4, 0.5) is 0 Å². The van der Waals surface area contributed by atoms with Gasteiger partial charge in [0.25, 0.3) is 0 Å². The zero-order chi connectivity index (χ0) is 12.6. The van der Waals surface area contributed by atoms with E-state index in [1.807, 2.05) is 0 Å². The average Bonchev–Trinajstić information content (AvgIpc) is 1.97. The van der Waals surface area contributed by atoms with Gasteiger partial charge in [-0.05, 0) is 39.0 Å². The lowest BCUT2D eigenvalue weighted by Gasteiger charge is -2.41. The number of aliphatic hydroxyl groups is 1. The number of rotatable bonds is 1. The first-order chi connectivity index (χ1) is 7.08. The first-order valence-corrected chi connectivity index (χ1v) is 6.61. The van der Waals surface area contributed by atoms with Gasteiger partial charge in [0.05, 0.1) is 12.1 Å². The van der Waals surface area contributed by atoms with Gasteiger partial charge >= 0.3 is 0 Å². The summed E-state index contributed by atoms with van der Waals surface area (Å²) in [6.07, 6.45) is 2.12. The molecule has 0 amide bonds. The highest BCUT2D eigenvalue weighted by Gasteiger charge is 2.36. The van der Waals surface area contributed by atoms with Gasteiger partial charge in [-0.25, -0.2) is 0 Å². The third-order valence-electron chi connectivity index (χ3n) is 3.58. The van der Waals surface area contributed by atoms with Crippen molar-refractivity contribution < 1.29 is 10.0 Å². The molecule has 0 saturated carbocycles. The summed E-state index contributed by atoms with van der Waals surface area (Å²) in [6, 6.07) is 0. The Kier molecular flexibility index (Phi) is 4.07. The summed E-state index contributed by atoms with van der Waals surface area (Å²) in [5.41, 5.74) is 0.641. The summed E-state index contributed by atoms with van der Waals surface area (Å²) < 4.78 is 0. The van der Waals surface area contributed by atoms with E-state index in [9.17, 15) is 5.11 Å². The summed E-state index contributed by atoms with van der Waals surface area (Å²) >= 11 is 0.